The number of esters is 1. The first kappa shape index (κ1) is 22.9. The molecular weight excluding hydrogens is 332 g/mol. The molecule has 5 heteroatoms. The van der Waals surface area contributed by atoms with Gasteiger partial charge in [0.1, 0.15) is 0 Å². The molecule has 5 atom stereocenters. The maximum absolute atomic E-state index is 11.1. The summed E-state index contributed by atoms with van der Waals surface area (Å²) in [6.45, 7) is 2.13. The fraction of sp³-hybridized carbons (Fsp3) is 0.762. The molecule has 0 aromatic rings. The van der Waals surface area contributed by atoms with Crippen LogP contribution in [0.15, 0.2) is 24.3 Å². The second kappa shape index (κ2) is 13.1. The van der Waals surface area contributed by atoms with E-state index < -0.39 is 18.3 Å². The molecule has 0 aliphatic heterocycles. The summed E-state index contributed by atoms with van der Waals surface area (Å²) < 4.78 is 4.60. The summed E-state index contributed by atoms with van der Waals surface area (Å²) in [7, 11) is 1.39. The van der Waals surface area contributed by atoms with Crippen molar-refractivity contribution in [2.45, 2.75) is 83.0 Å². The predicted octanol–water partition coefficient (Wildman–Crippen LogP) is 3.13. The Kier molecular flexibility index (Phi) is 11.5. The van der Waals surface area contributed by atoms with E-state index in [1.54, 1.807) is 6.08 Å². The number of methoxy groups -OCH3 is 1. The molecule has 0 heterocycles. The van der Waals surface area contributed by atoms with Gasteiger partial charge in [-0.2, -0.15) is 0 Å². The van der Waals surface area contributed by atoms with Crippen LogP contribution in [0.1, 0.15) is 64.7 Å². The summed E-state index contributed by atoms with van der Waals surface area (Å²) in [5, 5.41) is 30.5. The minimum atomic E-state index is -0.568. The maximum Gasteiger partial charge on any atom is 0.305 e. The van der Waals surface area contributed by atoms with E-state index in [0.29, 0.717) is 19.3 Å². The van der Waals surface area contributed by atoms with Crippen LogP contribution < -0.4 is 0 Å². The van der Waals surface area contributed by atoms with Crippen LogP contribution in [0, 0.1) is 11.8 Å². The molecule has 1 aliphatic rings. The second-order valence-electron chi connectivity index (χ2n) is 7.24. The number of aliphatic hydroxyl groups is 3. The summed E-state index contributed by atoms with van der Waals surface area (Å²) in [5.41, 5.74) is 0. The predicted molar refractivity (Wildman–Crippen MR) is 103 cm³/mol. The number of carbonyl (C=O) groups is 1. The van der Waals surface area contributed by atoms with E-state index in [9.17, 15) is 20.1 Å². The molecule has 0 aromatic carbocycles. The third-order valence-corrected chi connectivity index (χ3v) is 5.13. The van der Waals surface area contributed by atoms with E-state index >= 15 is 0 Å². The Balaban J connectivity index is 2.44. The van der Waals surface area contributed by atoms with Gasteiger partial charge in [0.25, 0.3) is 0 Å². The Morgan fingerprint density at radius 2 is 1.96 bits per heavy atom. The largest absolute Gasteiger partial charge is 0.469 e. The van der Waals surface area contributed by atoms with Crippen molar-refractivity contribution < 1.29 is 24.9 Å². The van der Waals surface area contributed by atoms with Crippen LogP contribution in [0.5, 0.6) is 0 Å². The molecule has 5 nitrogen and oxygen atoms in total. The van der Waals surface area contributed by atoms with Crippen LogP contribution in [0.25, 0.3) is 0 Å². The van der Waals surface area contributed by atoms with Crippen molar-refractivity contribution in [3.63, 3.8) is 0 Å². The van der Waals surface area contributed by atoms with Crippen LogP contribution in [0.3, 0.4) is 0 Å². The fourth-order valence-electron chi connectivity index (χ4n) is 3.50. The molecule has 1 fully saturated rings. The van der Waals surface area contributed by atoms with Gasteiger partial charge in [-0.3, -0.25) is 4.79 Å². The Morgan fingerprint density at radius 3 is 2.65 bits per heavy atom. The molecule has 0 unspecified atom stereocenters. The van der Waals surface area contributed by atoms with Gasteiger partial charge in [0, 0.05) is 18.8 Å². The van der Waals surface area contributed by atoms with Gasteiger partial charge >= 0.3 is 5.97 Å². The van der Waals surface area contributed by atoms with Crippen LogP contribution in [0.2, 0.25) is 0 Å². The van der Waals surface area contributed by atoms with Crippen LogP contribution in [-0.2, 0) is 9.53 Å². The van der Waals surface area contributed by atoms with Gasteiger partial charge in [0.2, 0.25) is 0 Å². The van der Waals surface area contributed by atoms with Crippen molar-refractivity contribution in [2.75, 3.05) is 7.11 Å². The average molecular weight is 369 g/mol. The van der Waals surface area contributed by atoms with Gasteiger partial charge in [-0.15, -0.1) is 0 Å². The first-order valence-electron chi connectivity index (χ1n) is 9.93. The molecule has 0 spiro atoms. The smallest absolute Gasteiger partial charge is 0.305 e. The number of hydrogen-bond acceptors (Lipinski definition) is 5. The zero-order valence-corrected chi connectivity index (χ0v) is 16.2. The second-order valence-corrected chi connectivity index (χ2v) is 7.24. The molecule has 0 bridgehead atoms. The molecule has 1 aliphatic carbocycles. The highest BCUT2D eigenvalue weighted by atomic mass is 16.5. The number of ether oxygens (including phenoxy) is 1. The van der Waals surface area contributed by atoms with Gasteiger partial charge in [0.15, 0.2) is 0 Å². The minimum absolute atomic E-state index is 0.0408. The highest BCUT2D eigenvalue weighted by molar-refractivity contribution is 5.69. The van der Waals surface area contributed by atoms with Crippen molar-refractivity contribution in [1.29, 1.82) is 0 Å². The quantitative estimate of drug-likeness (QED) is 0.280. The van der Waals surface area contributed by atoms with Crippen LogP contribution in [-0.4, -0.2) is 46.7 Å². The normalized spacial score (nSPS) is 27.4. The minimum Gasteiger partial charge on any atom is -0.469 e. The number of allylic oxidation sites excluding steroid dienone is 2. The molecule has 150 valence electrons. The Bertz CT molecular complexity index is 446. The molecule has 26 heavy (non-hydrogen) atoms. The van der Waals surface area contributed by atoms with Crippen molar-refractivity contribution >= 4 is 5.97 Å². The van der Waals surface area contributed by atoms with Crippen molar-refractivity contribution in [3.8, 4) is 0 Å². The van der Waals surface area contributed by atoms with Gasteiger partial charge < -0.3 is 20.1 Å². The fourth-order valence-corrected chi connectivity index (χ4v) is 3.50. The molecule has 0 aromatic heterocycles. The van der Waals surface area contributed by atoms with Gasteiger partial charge in [-0.05, 0) is 31.6 Å². The van der Waals surface area contributed by atoms with Crippen LogP contribution in [0.4, 0.5) is 0 Å². The number of hydrogen-bond donors (Lipinski definition) is 3. The zero-order valence-electron chi connectivity index (χ0n) is 16.2. The average Bonchev–Trinajstić information content (AvgIpc) is 2.89. The SMILES string of the molecule is CCCCC[C@H](O)/C=C/[C@@H]1[C@@H](C/C=C\CCCC(=O)OC)[C@H](O)C[C@H]1O. The number of unbranched alkanes of at least 4 members (excludes halogenated alkanes) is 3. The first-order chi connectivity index (χ1) is 12.5. The third-order valence-electron chi connectivity index (χ3n) is 5.13. The summed E-state index contributed by atoms with van der Waals surface area (Å²) >= 11 is 0. The number of carbonyl (C=O) groups excluding carboxylic acids is 1. The molecule has 3 N–H and O–H groups in total. The summed E-state index contributed by atoms with van der Waals surface area (Å²) in [5.74, 6) is -0.373. The molecule has 0 saturated heterocycles. The topological polar surface area (TPSA) is 87.0 Å². The molecular formula is C21H36O5. The van der Waals surface area contributed by atoms with E-state index in [2.05, 4.69) is 11.7 Å². The van der Waals surface area contributed by atoms with Crippen molar-refractivity contribution in [2.24, 2.45) is 11.8 Å². The van der Waals surface area contributed by atoms with E-state index in [0.717, 1.165) is 38.5 Å². The lowest BCUT2D eigenvalue weighted by Crippen LogP contribution is -2.20. The molecule has 0 amide bonds. The van der Waals surface area contributed by atoms with E-state index in [4.69, 9.17) is 0 Å². The van der Waals surface area contributed by atoms with Gasteiger partial charge in [0.05, 0.1) is 25.4 Å². The Labute approximate surface area is 157 Å². The lowest BCUT2D eigenvalue weighted by molar-refractivity contribution is -0.140. The lowest BCUT2D eigenvalue weighted by atomic mass is 9.89. The first-order valence-corrected chi connectivity index (χ1v) is 9.93. The molecule has 1 saturated carbocycles. The standard InChI is InChI=1S/C21H36O5/c1-3-4-7-10-16(22)13-14-18-17(19(23)15-20(18)24)11-8-5-6-9-12-21(25)26-2/h5,8,13-14,16-20,22-24H,3-4,6-7,9-12,15H2,1-2H3/b8-5-,14-13+/t16-,17+,18+,19+,20+/m0/s1. The number of aliphatic hydroxyl groups excluding tert-OH is 3. The van der Waals surface area contributed by atoms with Crippen LogP contribution >= 0.6 is 0 Å². The zero-order chi connectivity index (χ0) is 19.4. The summed E-state index contributed by atoms with van der Waals surface area (Å²) in [6.07, 6.45) is 13.1. The van der Waals surface area contributed by atoms with Gasteiger partial charge in [-0.25, -0.2) is 0 Å². The Morgan fingerprint density at radius 1 is 1.19 bits per heavy atom. The van der Waals surface area contributed by atoms with E-state index in [1.807, 2.05) is 18.2 Å². The third kappa shape index (κ3) is 8.47. The highest BCUT2D eigenvalue weighted by Crippen LogP contribution is 2.36. The highest BCUT2D eigenvalue weighted by Gasteiger charge is 2.39. The van der Waals surface area contributed by atoms with Crippen molar-refractivity contribution in [1.82, 2.24) is 0 Å². The summed E-state index contributed by atoms with van der Waals surface area (Å²) in [6, 6.07) is 0. The lowest BCUT2D eigenvalue weighted by Gasteiger charge is -2.19. The Hall–Kier alpha value is -1.17. The van der Waals surface area contributed by atoms with E-state index in [-0.39, 0.29) is 17.8 Å². The number of rotatable bonds is 12. The maximum atomic E-state index is 11.1. The van der Waals surface area contributed by atoms with E-state index in [1.165, 1.54) is 7.11 Å². The van der Waals surface area contributed by atoms with Gasteiger partial charge in [-0.1, -0.05) is 50.5 Å². The monoisotopic (exact) mass is 368 g/mol. The summed E-state index contributed by atoms with van der Waals surface area (Å²) in [4.78, 5) is 11.1. The molecule has 0 radical (unpaired) electrons. The molecule has 1 rings (SSSR count). The van der Waals surface area contributed by atoms with Crippen molar-refractivity contribution in [3.05, 3.63) is 24.3 Å².